The van der Waals surface area contributed by atoms with Gasteiger partial charge in [0.1, 0.15) is 0 Å². The van der Waals surface area contributed by atoms with Gasteiger partial charge in [0.25, 0.3) is 0 Å². The molecule has 1 N–H and O–H groups in total. The zero-order valence-electron chi connectivity index (χ0n) is 14.2. The highest BCUT2D eigenvalue weighted by Crippen LogP contribution is 2.15. The smallest absolute Gasteiger partial charge is 0.193 e. The lowest BCUT2D eigenvalue weighted by atomic mass is 10.0. The van der Waals surface area contributed by atoms with Crippen LogP contribution in [0.25, 0.3) is 0 Å². The Morgan fingerprint density at radius 3 is 3.05 bits per heavy atom. The molecule has 4 nitrogen and oxygen atoms in total. The maximum absolute atomic E-state index is 4.44. The summed E-state index contributed by atoms with van der Waals surface area (Å²) in [4.78, 5) is 10.7. The first-order valence-electron chi connectivity index (χ1n) is 8.42. The van der Waals surface area contributed by atoms with Crippen LogP contribution < -0.4 is 5.32 Å². The molecule has 2 rings (SSSR count). The fourth-order valence-electron chi connectivity index (χ4n) is 3.14. The van der Waals surface area contributed by atoms with E-state index in [-0.39, 0.29) is 0 Å². The quantitative estimate of drug-likeness (QED) is 0.645. The van der Waals surface area contributed by atoms with Crippen LogP contribution in [-0.4, -0.2) is 62.1 Å². The fourth-order valence-corrected chi connectivity index (χ4v) is 3.84. The van der Waals surface area contributed by atoms with Crippen molar-refractivity contribution in [2.45, 2.75) is 38.6 Å². The molecule has 1 aliphatic heterocycles. The zero-order chi connectivity index (χ0) is 15.8. The van der Waals surface area contributed by atoms with Gasteiger partial charge in [-0.25, -0.2) is 0 Å². The van der Waals surface area contributed by atoms with Crippen molar-refractivity contribution in [2.24, 2.45) is 4.99 Å². The summed E-state index contributed by atoms with van der Waals surface area (Å²) in [6.45, 7) is 6.67. The number of piperidine rings is 1. The number of rotatable bonds is 6. The van der Waals surface area contributed by atoms with E-state index in [9.17, 15) is 0 Å². The average molecular weight is 323 g/mol. The van der Waals surface area contributed by atoms with Crippen molar-refractivity contribution in [1.29, 1.82) is 0 Å². The second-order valence-corrected chi connectivity index (χ2v) is 6.99. The van der Waals surface area contributed by atoms with Gasteiger partial charge in [0.15, 0.2) is 5.96 Å². The number of likely N-dealkylation sites (N-methyl/N-ethyl adjacent to an activating group) is 2. The summed E-state index contributed by atoms with van der Waals surface area (Å²) in [5.74, 6) is 1.01. The SMILES string of the molecule is CCN1CCCCC1CNC(=NC)N(C)CCc1cccs1. The lowest BCUT2D eigenvalue weighted by molar-refractivity contribution is 0.157. The van der Waals surface area contributed by atoms with E-state index in [1.807, 2.05) is 18.4 Å². The fraction of sp³-hybridized carbons (Fsp3) is 0.706. The Hall–Kier alpha value is -1.07. The van der Waals surface area contributed by atoms with Crippen molar-refractivity contribution in [3.8, 4) is 0 Å². The van der Waals surface area contributed by atoms with Crippen LogP contribution in [-0.2, 0) is 6.42 Å². The van der Waals surface area contributed by atoms with Crippen molar-refractivity contribution in [2.75, 3.05) is 40.3 Å². The lowest BCUT2D eigenvalue weighted by Gasteiger charge is -2.35. The molecule has 0 bridgehead atoms. The molecule has 0 aliphatic carbocycles. The van der Waals surface area contributed by atoms with E-state index < -0.39 is 0 Å². The average Bonchev–Trinajstić information content (AvgIpc) is 3.07. The van der Waals surface area contributed by atoms with Gasteiger partial charge in [-0.15, -0.1) is 11.3 Å². The maximum atomic E-state index is 4.44. The molecular formula is C17H30N4S. The van der Waals surface area contributed by atoms with Crippen molar-refractivity contribution in [3.05, 3.63) is 22.4 Å². The van der Waals surface area contributed by atoms with E-state index in [0.717, 1.165) is 32.0 Å². The summed E-state index contributed by atoms with van der Waals surface area (Å²) in [6.07, 6.45) is 5.09. The Balaban J connectivity index is 1.78. The summed E-state index contributed by atoms with van der Waals surface area (Å²) in [5.41, 5.74) is 0. The molecular weight excluding hydrogens is 292 g/mol. The van der Waals surface area contributed by atoms with E-state index in [0.29, 0.717) is 6.04 Å². The van der Waals surface area contributed by atoms with E-state index in [1.54, 1.807) is 0 Å². The zero-order valence-corrected chi connectivity index (χ0v) is 15.0. The highest BCUT2D eigenvalue weighted by atomic mass is 32.1. The van der Waals surface area contributed by atoms with Gasteiger partial charge >= 0.3 is 0 Å². The van der Waals surface area contributed by atoms with Gasteiger partial charge in [0.2, 0.25) is 0 Å². The summed E-state index contributed by atoms with van der Waals surface area (Å²) in [7, 11) is 4.00. The molecule has 1 atom stereocenters. The number of hydrogen-bond acceptors (Lipinski definition) is 3. The molecule has 1 aliphatic rings. The first kappa shape index (κ1) is 17.3. The molecule has 0 aromatic carbocycles. The number of nitrogens with one attached hydrogen (secondary N) is 1. The van der Waals surface area contributed by atoms with Gasteiger partial charge in [-0.2, -0.15) is 0 Å². The molecule has 1 saturated heterocycles. The minimum absolute atomic E-state index is 0.654. The molecule has 2 heterocycles. The van der Waals surface area contributed by atoms with Crippen molar-refractivity contribution in [1.82, 2.24) is 15.1 Å². The number of aliphatic imine (C=N–C) groups is 1. The summed E-state index contributed by atoms with van der Waals surface area (Å²) in [6, 6.07) is 4.98. The Bertz CT molecular complexity index is 444. The second-order valence-electron chi connectivity index (χ2n) is 5.96. The Morgan fingerprint density at radius 2 is 2.36 bits per heavy atom. The van der Waals surface area contributed by atoms with Crippen LogP contribution in [0.2, 0.25) is 0 Å². The Morgan fingerprint density at radius 1 is 1.50 bits per heavy atom. The molecule has 5 heteroatoms. The number of hydrogen-bond donors (Lipinski definition) is 1. The van der Waals surface area contributed by atoms with Crippen LogP contribution in [0.4, 0.5) is 0 Å². The van der Waals surface area contributed by atoms with Gasteiger partial charge in [-0.05, 0) is 43.8 Å². The van der Waals surface area contributed by atoms with E-state index >= 15 is 0 Å². The molecule has 0 spiro atoms. The maximum Gasteiger partial charge on any atom is 0.193 e. The molecule has 1 unspecified atom stereocenters. The van der Waals surface area contributed by atoms with Crippen LogP contribution in [0, 0.1) is 0 Å². The van der Waals surface area contributed by atoms with Crippen molar-refractivity contribution < 1.29 is 0 Å². The van der Waals surface area contributed by atoms with Crippen LogP contribution in [0.5, 0.6) is 0 Å². The highest BCUT2D eigenvalue weighted by Gasteiger charge is 2.21. The van der Waals surface area contributed by atoms with Crippen LogP contribution in [0.1, 0.15) is 31.1 Å². The Kier molecular flexibility index (Phi) is 7.19. The third-order valence-electron chi connectivity index (χ3n) is 4.50. The van der Waals surface area contributed by atoms with E-state index in [2.05, 4.69) is 51.6 Å². The molecule has 0 radical (unpaired) electrons. The standard InChI is InChI=1S/C17H30N4S/c1-4-21-11-6-5-8-15(21)14-19-17(18-2)20(3)12-10-16-9-7-13-22-16/h7,9,13,15H,4-6,8,10-12,14H2,1-3H3,(H,18,19). The largest absolute Gasteiger partial charge is 0.355 e. The third-order valence-corrected chi connectivity index (χ3v) is 5.43. The normalized spacial score (nSPS) is 20.1. The van der Waals surface area contributed by atoms with Crippen LogP contribution in [0.3, 0.4) is 0 Å². The minimum atomic E-state index is 0.654. The van der Waals surface area contributed by atoms with Gasteiger partial charge in [-0.1, -0.05) is 19.4 Å². The predicted octanol–water partition coefficient (Wildman–Crippen LogP) is 2.67. The molecule has 0 saturated carbocycles. The number of likely N-dealkylation sites (tertiary alicyclic amines) is 1. The summed E-state index contributed by atoms with van der Waals surface area (Å²) < 4.78 is 0. The first-order chi connectivity index (χ1) is 10.7. The molecule has 1 aromatic heterocycles. The lowest BCUT2D eigenvalue weighted by Crippen LogP contribution is -2.49. The monoisotopic (exact) mass is 322 g/mol. The highest BCUT2D eigenvalue weighted by molar-refractivity contribution is 7.09. The Labute approximate surface area is 139 Å². The number of guanidine groups is 1. The van der Waals surface area contributed by atoms with Crippen LogP contribution in [0.15, 0.2) is 22.5 Å². The van der Waals surface area contributed by atoms with Crippen LogP contribution >= 0.6 is 11.3 Å². The number of nitrogens with zero attached hydrogens (tertiary/aromatic N) is 3. The topological polar surface area (TPSA) is 30.9 Å². The number of thiophene rings is 1. The molecule has 1 fully saturated rings. The van der Waals surface area contributed by atoms with Gasteiger partial charge in [-0.3, -0.25) is 9.89 Å². The first-order valence-corrected chi connectivity index (χ1v) is 9.30. The second kappa shape index (κ2) is 9.16. The molecule has 0 amide bonds. The van der Waals surface area contributed by atoms with Gasteiger partial charge in [0.05, 0.1) is 0 Å². The van der Waals surface area contributed by atoms with E-state index in [1.165, 1.54) is 30.7 Å². The van der Waals surface area contributed by atoms with Gasteiger partial charge < -0.3 is 10.2 Å². The molecule has 22 heavy (non-hydrogen) atoms. The minimum Gasteiger partial charge on any atom is -0.355 e. The molecule has 124 valence electrons. The van der Waals surface area contributed by atoms with Crippen molar-refractivity contribution in [3.63, 3.8) is 0 Å². The van der Waals surface area contributed by atoms with E-state index in [4.69, 9.17) is 0 Å². The predicted molar refractivity (Wildman–Crippen MR) is 96.9 cm³/mol. The summed E-state index contributed by atoms with van der Waals surface area (Å²) in [5, 5.41) is 5.71. The third kappa shape index (κ3) is 4.99. The van der Waals surface area contributed by atoms with Crippen molar-refractivity contribution >= 4 is 17.3 Å². The molecule has 1 aromatic rings. The summed E-state index contributed by atoms with van der Waals surface area (Å²) >= 11 is 1.83. The van der Waals surface area contributed by atoms with Gasteiger partial charge in [0, 0.05) is 38.1 Å².